The van der Waals surface area contributed by atoms with Crippen molar-refractivity contribution in [1.29, 1.82) is 0 Å². The van der Waals surface area contributed by atoms with E-state index < -0.39 is 8.07 Å². The monoisotopic (exact) mass is 806 g/mol. The van der Waals surface area contributed by atoms with E-state index in [2.05, 4.69) is 242 Å². The van der Waals surface area contributed by atoms with Gasteiger partial charge in [-0.1, -0.05) is 236 Å². The molecule has 0 N–H and O–H groups in total. The fraction of sp³-hybridized carbons (Fsp3) is 0.0820. The summed E-state index contributed by atoms with van der Waals surface area (Å²) in [4.78, 5) is 0. The number of benzene rings is 9. The van der Waals surface area contributed by atoms with E-state index in [1.54, 1.807) is 0 Å². The molecule has 62 heavy (non-hydrogen) atoms. The molecule has 0 saturated heterocycles. The zero-order chi connectivity index (χ0) is 41.3. The van der Waals surface area contributed by atoms with Crippen LogP contribution >= 0.6 is 0 Å². The molecule has 0 aromatic heterocycles. The highest BCUT2D eigenvalue weighted by atomic mass is 28.3. The van der Waals surface area contributed by atoms with Crippen LogP contribution in [0.3, 0.4) is 0 Å². The van der Waals surface area contributed by atoms with Crippen molar-refractivity contribution >= 4 is 50.8 Å². The molecule has 9 aromatic carbocycles. The van der Waals surface area contributed by atoms with E-state index in [4.69, 9.17) is 0 Å². The number of fused-ring (bicyclic) bond motifs is 4. The molecule has 0 spiro atoms. The van der Waals surface area contributed by atoms with Crippen molar-refractivity contribution in [2.45, 2.75) is 25.2 Å². The average Bonchev–Trinajstić information content (AvgIpc) is 3.35. The highest BCUT2D eigenvalue weighted by Gasteiger charge is 2.41. The zero-order valence-corrected chi connectivity index (χ0v) is 35.7. The topological polar surface area (TPSA) is 0 Å². The van der Waals surface area contributed by atoms with Gasteiger partial charge in [-0.3, -0.25) is 0 Å². The molecule has 294 valence electrons. The van der Waals surface area contributed by atoms with Gasteiger partial charge < -0.3 is 0 Å². The molecule has 9 aromatic rings. The Labute approximate surface area is 366 Å². The molecular formula is C61H46Si. The summed E-state index contributed by atoms with van der Waals surface area (Å²) in [6.45, 7) is 0. The Kier molecular flexibility index (Phi) is 9.93. The van der Waals surface area contributed by atoms with Gasteiger partial charge >= 0.3 is 0 Å². The summed E-state index contributed by atoms with van der Waals surface area (Å²) < 4.78 is 0. The summed E-state index contributed by atoms with van der Waals surface area (Å²) in [7, 11) is -2.95. The number of allylic oxidation sites excluding steroid dienone is 4. The highest BCUT2D eigenvalue weighted by molar-refractivity contribution is 7.16. The minimum Gasteiger partial charge on any atom is -0.109 e. The summed E-state index contributed by atoms with van der Waals surface area (Å²) in [5.74, 6) is 4.53. The smallest absolute Gasteiger partial charge is 0.109 e. The predicted molar refractivity (Wildman–Crippen MR) is 265 cm³/mol. The molecule has 0 radical (unpaired) electrons. The molecule has 0 bridgehead atoms. The van der Waals surface area contributed by atoms with Gasteiger partial charge in [-0.25, -0.2) is 0 Å². The van der Waals surface area contributed by atoms with E-state index >= 15 is 0 Å². The average molecular weight is 807 g/mol. The molecule has 0 amide bonds. The molecule has 2 atom stereocenters. The largest absolute Gasteiger partial charge is 0.230 e. The van der Waals surface area contributed by atoms with Gasteiger partial charge in [0.15, 0.2) is 0 Å². The second-order valence-corrected chi connectivity index (χ2v) is 20.3. The van der Waals surface area contributed by atoms with Gasteiger partial charge in [0.25, 0.3) is 0 Å². The van der Waals surface area contributed by atoms with Gasteiger partial charge in [0.1, 0.15) is 0 Å². The molecule has 1 heteroatoms. The Hall–Kier alpha value is -7.24. The van der Waals surface area contributed by atoms with Crippen molar-refractivity contribution in [3.05, 3.63) is 264 Å². The lowest BCUT2D eigenvalue weighted by Gasteiger charge is -2.39. The number of hydrogen-bond donors (Lipinski definition) is 0. The van der Waals surface area contributed by atoms with Crippen molar-refractivity contribution < 1.29 is 0 Å². The first-order valence-corrected chi connectivity index (χ1v) is 24.0. The molecular weight excluding hydrogens is 761 g/mol. The Morgan fingerprint density at radius 3 is 1.68 bits per heavy atom. The van der Waals surface area contributed by atoms with Crippen LogP contribution in [0.5, 0.6) is 0 Å². The minimum atomic E-state index is -2.95. The van der Waals surface area contributed by atoms with Crippen LogP contribution in [-0.2, 0) is 6.42 Å². The van der Waals surface area contributed by atoms with Gasteiger partial charge in [-0.2, -0.15) is 0 Å². The van der Waals surface area contributed by atoms with E-state index in [1.807, 2.05) is 0 Å². The number of rotatable bonds is 7. The Bertz CT molecular complexity index is 3110. The van der Waals surface area contributed by atoms with Gasteiger partial charge in [0, 0.05) is 11.5 Å². The molecule has 0 saturated carbocycles. The van der Waals surface area contributed by atoms with Crippen molar-refractivity contribution in [3.63, 3.8) is 0 Å². The lowest BCUT2D eigenvalue weighted by atomic mass is 9.64. The van der Waals surface area contributed by atoms with Gasteiger partial charge in [0.2, 0.25) is 8.07 Å². The predicted octanol–water partition coefficient (Wildman–Crippen LogP) is 12.8. The molecule has 2 aliphatic rings. The first-order chi connectivity index (χ1) is 30.8. The first-order valence-electron chi connectivity index (χ1n) is 22.0. The molecule has 2 unspecified atom stereocenters. The lowest BCUT2D eigenvalue weighted by Crippen LogP contribution is -2.66. The van der Waals surface area contributed by atoms with Crippen LogP contribution < -0.4 is 15.6 Å². The summed E-state index contributed by atoms with van der Waals surface area (Å²) in [6.07, 6.45) is 7.81. The molecule has 11 rings (SSSR count). The Morgan fingerprint density at radius 2 is 1.02 bits per heavy atom. The van der Waals surface area contributed by atoms with Crippen molar-refractivity contribution in [1.82, 2.24) is 0 Å². The third kappa shape index (κ3) is 6.56. The van der Waals surface area contributed by atoms with E-state index in [0.29, 0.717) is 0 Å². The maximum atomic E-state index is 4.25. The minimum absolute atomic E-state index is 0.163. The zero-order valence-electron chi connectivity index (χ0n) is 34.7. The van der Waals surface area contributed by atoms with E-state index in [9.17, 15) is 0 Å². The SMILES string of the molecule is C(#C[Si](c1ccccc1)(c1ccccc1)c1cccc(Cc2ccccc2)c1)C1=C2C=CCCC2C(c2c3ccccc3c(-c3ccccc3)c3ccccc23)c2ccccc21. The second kappa shape index (κ2) is 16.3. The summed E-state index contributed by atoms with van der Waals surface area (Å²) in [6, 6.07) is 80.9. The lowest BCUT2D eigenvalue weighted by molar-refractivity contribution is 0.501. The van der Waals surface area contributed by atoms with Crippen LogP contribution in [-0.4, -0.2) is 8.07 Å². The quantitative estimate of drug-likeness (QED) is 0.0651. The summed E-state index contributed by atoms with van der Waals surface area (Å²) >= 11 is 0. The Morgan fingerprint density at radius 1 is 0.484 bits per heavy atom. The fourth-order valence-electron chi connectivity index (χ4n) is 10.7. The van der Waals surface area contributed by atoms with Crippen LogP contribution in [0.15, 0.2) is 236 Å². The molecule has 0 fully saturated rings. The third-order valence-corrected chi connectivity index (χ3v) is 17.4. The Balaban J connectivity index is 1.15. The summed E-state index contributed by atoms with van der Waals surface area (Å²) in [5.41, 5.74) is 16.0. The van der Waals surface area contributed by atoms with Gasteiger partial charge in [-0.15, -0.1) is 5.54 Å². The maximum Gasteiger partial charge on any atom is 0.230 e. The van der Waals surface area contributed by atoms with E-state index in [-0.39, 0.29) is 11.8 Å². The summed E-state index contributed by atoms with van der Waals surface area (Å²) in [5, 5.41) is 9.21. The highest BCUT2D eigenvalue weighted by Crippen LogP contribution is 2.53. The molecule has 0 aliphatic heterocycles. The molecule has 0 nitrogen and oxygen atoms in total. The van der Waals surface area contributed by atoms with Crippen LogP contribution in [0.25, 0.3) is 38.2 Å². The fourth-order valence-corrected chi connectivity index (χ4v) is 14.5. The maximum absolute atomic E-state index is 4.25. The second-order valence-electron chi connectivity index (χ2n) is 16.8. The van der Waals surface area contributed by atoms with Crippen LogP contribution in [0.4, 0.5) is 0 Å². The normalized spacial score (nSPS) is 15.7. The number of hydrogen-bond acceptors (Lipinski definition) is 0. The molecule has 0 heterocycles. The van der Waals surface area contributed by atoms with Crippen LogP contribution in [0.1, 0.15) is 46.6 Å². The standard InChI is InChI=1S/C61H46Si/c1-5-22-44(23-6-1)42-45-24-21-31-49(43-45)62(47-27-9-3-10-28-47,48-29-11-4-12-30-48)41-40-52-50-32-13-15-34-53(50)60(54-35-16-14-33-51(52)54)61-57-38-19-17-36-55(57)59(46-25-7-2-8-26-46)56-37-18-20-39-58(56)61/h1-15,17-34,36-39,43,54,60H,16,35,42H2. The van der Waals surface area contributed by atoms with Crippen molar-refractivity contribution in [2.75, 3.05) is 0 Å². The van der Waals surface area contributed by atoms with Crippen molar-refractivity contribution in [3.8, 4) is 22.6 Å². The van der Waals surface area contributed by atoms with Gasteiger partial charge in [-0.05, 0) is 107 Å². The van der Waals surface area contributed by atoms with Gasteiger partial charge in [0.05, 0.1) is 0 Å². The van der Waals surface area contributed by atoms with E-state index in [1.165, 1.54) is 87.2 Å². The van der Waals surface area contributed by atoms with Crippen LogP contribution in [0.2, 0.25) is 0 Å². The van der Waals surface area contributed by atoms with E-state index in [0.717, 1.165) is 19.3 Å². The molecule has 2 aliphatic carbocycles. The van der Waals surface area contributed by atoms with Crippen LogP contribution in [0, 0.1) is 17.4 Å². The van der Waals surface area contributed by atoms with Crippen molar-refractivity contribution in [2.24, 2.45) is 5.92 Å². The third-order valence-electron chi connectivity index (χ3n) is 13.3. The first kappa shape index (κ1) is 37.7.